The van der Waals surface area contributed by atoms with E-state index in [1.807, 2.05) is 91.0 Å². The monoisotopic (exact) mass is 752 g/mol. The van der Waals surface area contributed by atoms with Gasteiger partial charge in [0.05, 0.1) is 11.4 Å². The molecule has 0 aromatic heterocycles. The molecule has 4 aromatic carbocycles. The summed E-state index contributed by atoms with van der Waals surface area (Å²) in [6.07, 6.45) is 10.4. The van der Waals surface area contributed by atoms with Crippen LogP contribution in [0.5, 0.6) is 0 Å². The van der Waals surface area contributed by atoms with Crippen LogP contribution in [-0.4, -0.2) is 35.8 Å². The molecule has 2 aliphatic carbocycles. The van der Waals surface area contributed by atoms with Crippen molar-refractivity contribution in [1.82, 2.24) is 10.6 Å². The minimum Gasteiger partial charge on any atom is -0.446 e. The van der Waals surface area contributed by atoms with Crippen LogP contribution in [-0.2, 0) is 22.6 Å². The molecule has 4 aromatic rings. The van der Waals surface area contributed by atoms with Crippen LogP contribution in [0.2, 0.25) is 0 Å². The number of hydrogen-bond acceptors (Lipinski definition) is 8. The molecule has 0 radical (unpaired) electrons. The third-order valence-corrected chi connectivity index (χ3v) is 11.3. The van der Waals surface area contributed by atoms with Crippen molar-refractivity contribution >= 4 is 35.0 Å². The number of fused-ring (bicyclic) bond motifs is 1. The van der Waals surface area contributed by atoms with E-state index >= 15 is 0 Å². The largest absolute Gasteiger partial charge is 0.446 e. The summed E-state index contributed by atoms with van der Waals surface area (Å²) in [6, 6.07) is 33.5. The van der Waals surface area contributed by atoms with Gasteiger partial charge in [0.15, 0.2) is 0 Å². The van der Waals surface area contributed by atoms with Gasteiger partial charge in [-0.15, -0.1) is 0 Å². The number of nitrogens with two attached hydrogens (primary N) is 2. The van der Waals surface area contributed by atoms with Crippen LogP contribution >= 0.6 is 0 Å². The van der Waals surface area contributed by atoms with Crippen LogP contribution in [0.3, 0.4) is 0 Å². The first-order valence-electron chi connectivity index (χ1n) is 20.0. The molecule has 10 nitrogen and oxygen atoms in total. The average molecular weight is 753 g/mol. The van der Waals surface area contributed by atoms with Gasteiger partial charge in [0.25, 0.3) is 0 Å². The van der Waals surface area contributed by atoms with Crippen molar-refractivity contribution in [2.24, 2.45) is 22.0 Å². The highest BCUT2D eigenvalue weighted by Crippen LogP contribution is 2.40. The van der Waals surface area contributed by atoms with Crippen LogP contribution in [0.15, 0.2) is 125 Å². The minimum absolute atomic E-state index is 0.0633. The van der Waals surface area contributed by atoms with E-state index in [1.54, 1.807) is 0 Å². The number of anilines is 2. The van der Waals surface area contributed by atoms with Crippen LogP contribution < -0.4 is 22.1 Å². The maximum atomic E-state index is 13.8. The SMILES string of the molecule is Nc1ccccc1C1=NN=C(c2ccccc2N)C2C(OC(=O)NCc3ccccc3C3C/C=C/C(OC(=O)NCc4ccccc4)CCC3)CCCCCC12. The van der Waals surface area contributed by atoms with Crippen molar-refractivity contribution in [3.05, 3.63) is 143 Å². The number of para-hydroxylation sites is 2. The predicted molar refractivity (Wildman–Crippen MR) is 222 cm³/mol. The number of nitrogens with one attached hydrogen (secondary N) is 2. The molecule has 6 N–H and O–H groups in total. The van der Waals surface area contributed by atoms with Gasteiger partial charge in [-0.05, 0) is 85.8 Å². The van der Waals surface area contributed by atoms with E-state index in [0.717, 1.165) is 85.0 Å². The molecule has 1 saturated carbocycles. The summed E-state index contributed by atoms with van der Waals surface area (Å²) in [5.41, 5.74) is 20.8. The Balaban J connectivity index is 1.02. The first-order valence-corrected chi connectivity index (χ1v) is 20.0. The van der Waals surface area contributed by atoms with E-state index in [1.165, 1.54) is 5.56 Å². The molecule has 10 heteroatoms. The van der Waals surface area contributed by atoms with Crippen LogP contribution in [0.1, 0.15) is 91.5 Å². The molecule has 0 saturated heterocycles. The predicted octanol–water partition coefficient (Wildman–Crippen LogP) is 9.06. The van der Waals surface area contributed by atoms with Crippen molar-refractivity contribution in [2.45, 2.75) is 89.0 Å². The van der Waals surface area contributed by atoms with E-state index < -0.39 is 18.3 Å². The van der Waals surface area contributed by atoms with Gasteiger partial charge >= 0.3 is 12.2 Å². The lowest BCUT2D eigenvalue weighted by molar-refractivity contribution is 0.0577. The second-order valence-electron chi connectivity index (χ2n) is 15.0. The third-order valence-electron chi connectivity index (χ3n) is 11.3. The molecule has 7 rings (SSSR count). The van der Waals surface area contributed by atoms with Gasteiger partial charge in [-0.1, -0.05) is 110 Å². The maximum absolute atomic E-state index is 13.8. The Labute approximate surface area is 329 Å². The summed E-state index contributed by atoms with van der Waals surface area (Å²) in [5, 5.41) is 15.5. The Morgan fingerprint density at radius 3 is 2.07 bits per heavy atom. The third kappa shape index (κ3) is 9.48. The van der Waals surface area contributed by atoms with E-state index in [9.17, 15) is 9.59 Å². The highest BCUT2D eigenvalue weighted by molar-refractivity contribution is 6.15. The first-order chi connectivity index (χ1) is 27.4. The van der Waals surface area contributed by atoms with Gasteiger partial charge in [-0.25, -0.2) is 9.59 Å². The van der Waals surface area contributed by atoms with Crippen molar-refractivity contribution in [3.63, 3.8) is 0 Å². The van der Waals surface area contributed by atoms with Crippen molar-refractivity contribution < 1.29 is 19.1 Å². The number of alkyl carbamates (subject to hydrolysis) is 2. The smallest absolute Gasteiger partial charge is 0.407 e. The first kappa shape index (κ1) is 38.4. The fraction of sp³-hybridized carbons (Fsp3) is 0.348. The van der Waals surface area contributed by atoms with Crippen LogP contribution in [0, 0.1) is 11.8 Å². The quantitative estimate of drug-likeness (QED) is 0.0989. The second-order valence-corrected chi connectivity index (χ2v) is 15.0. The van der Waals surface area contributed by atoms with Crippen LogP contribution in [0.4, 0.5) is 21.0 Å². The number of nitrogen functional groups attached to an aromatic ring is 2. The zero-order valence-corrected chi connectivity index (χ0v) is 31.8. The Bertz CT molecular complexity index is 2060. The van der Waals surface area contributed by atoms with Gasteiger partial charge in [-0.3, -0.25) is 0 Å². The number of ether oxygens (including phenoxy) is 2. The van der Waals surface area contributed by atoms with Crippen molar-refractivity contribution in [3.8, 4) is 0 Å². The Morgan fingerprint density at radius 1 is 0.643 bits per heavy atom. The molecule has 0 spiro atoms. The standard InChI is InChI=1S/C46H52N6O4/c47-39-26-11-9-23-36(39)43-38-25-5-2-6-28-41(42(38)44(52-51-43)37-24-10-12-27-40(37)48)56-46(54)50-30-33-17-7-8-22-35(33)32-18-13-20-34(21-14-19-32)55-45(53)49-29-31-15-3-1-4-16-31/h1,3-4,7-13,15-17,20,22-24,26-27,32,34,38,41-42H,2,5-6,14,18-19,21,25,28-30,47-48H2,(H,49,53)(H,50,54)/b20-13+. The molecule has 3 aliphatic rings. The Hall–Kier alpha value is -5.90. The summed E-state index contributed by atoms with van der Waals surface area (Å²) in [4.78, 5) is 26.3. The molecule has 5 atom stereocenters. The lowest BCUT2D eigenvalue weighted by atomic mass is 9.71. The van der Waals surface area contributed by atoms with E-state index in [0.29, 0.717) is 30.9 Å². The number of nitrogens with zero attached hydrogens (tertiary/aromatic N) is 2. The normalized spacial score (nSPS) is 23.0. The number of rotatable bonds is 9. The van der Waals surface area contributed by atoms with E-state index in [2.05, 4.69) is 34.9 Å². The lowest BCUT2D eigenvalue weighted by Crippen LogP contribution is -2.45. The Kier molecular flexibility index (Phi) is 12.8. The molecule has 290 valence electrons. The van der Waals surface area contributed by atoms with E-state index in [-0.39, 0.29) is 23.9 Å². The van der Waals surface area contributed by atoms with Crippen molar-refractivity contribution in [2.75, 3.05) is 11.5 Å². The fourth-order valence-electron chi connectivity index (χ4n) is 8.45. The van der Waals surface area contributed by atoms with Gasteiger partial charge in [0, 0.05) is 47.4 Å². The van der Waals surface area contributed by atoms with Gasteiger partial charge < -0.3 is 31.6 Å². The summed E-state index contributed by atoms with van der Waals surface area (Å²) in [5.74, 6) is -0.0544. The number of carbonyl (C=O) groups is 2. The highest BCUT2D eigenvalue weighted by Gasteiger charge is 2.43. The molecule has 56 heavy (non-hydrogen) atoms. The maximum Gasteiger partial charge on any atom is 0.407 e. The number of amides is 2. The lowest BCUT2D eigenvalue weighted by Gasteiger charge is -2.38. The summed E-state index contributed by atoms with van der Waals surface area (Å²) < 4.78 is 12.2. The number of hydrogen-bond donors (Lipinski definition) is 4. The molecule has 1 fully saturated rings. The summed E-state index contributed by atoms with van der Waals surface area (Å²) in [6.45, 7) is 0.763. The van der Waals surface area contributed by atoms with Crippen LogP contribution in [0.25, 0.3) is 0 Å². The summed E-state index contributed by atoms with van der Waals surface area (Å²) in [7, 11) is 0. The average Bonchev–Trinajstić information content (AvgIpc) is 3.19. The molecule has 0 bridgehead atoms. The fourth-order valence-corrected chi connectivity index (χ4v) is 8.45. The highest BCUT2D eigenvalue weighted by atomic mass is 16.6. The molecular formula is C46H52N6O4. The molecule has 5 unspecified atom stereocenters. The second kappa shape index (κ2) is 18.6. The number of benzene rings is 4. The topological polar surface area (TPSA) is 153 Å². The molecule has 1 aliphatic heterocycles. The number of allylic oxidation sites excluding steroid dienone is 1. The number of carbonyl (C=O) groups excluding carboxylic acids is 2. The molecule has 2 amide bonds. The minimum atomic E-state index is -0.462. The zero-order valence-electron chi connectivity index (χ0n) is 31.8. The van der Waals surface area contributed by atoms with Crippen molar-refractivity contribution in [1.29, 1.82) is 0 Å². The van der Waals surface area contributed by atoms with Gasteiger partial charge in [-0.2, -0.15) is 10.2 Å². The van der Waals surface area contributed by atoms with E-state index in [4.69, 9.17) is 31.1 Å². The van der Waals surface area contributed by atoms with Gasteiger partial charge in [0.2, 0.25) is 0 Å². The zero-order chi connectivity index (χ0) is 38.7. The molecular weight excluding hydrogens is 701 g/mol. The Morgan fingerprint density at radius 2 is 1.29 bits per heavy atom. The molecule has 1 heterocycles. The summed E-state index contributed by atoms with van der Waals surface area (Å²) >= 11 is 0. The van der Waals surface area contributed by atoms with Gasteiger partial charge in [0.1, 0.15) is 12.2 Å².